The molecule has 2 amide bonds. The second kappa shape index (κ2) is 9.19. The van der Waals surface area contributed by atoms with Crippen molar-refractivity contribution in [2.24, 2.45) is 0 Å². The SMILES string of the molecule is Cc1n(CC(=O)N2C[C@@H](C)O[C@@H](C)C2)c2ccccc2[n+]1CC(=O)N1C[C@@H](C)O[C@@H](C)C1. The highest BCUT2D eigenvalue weighted by atomic mass is 16.5. The molecule has 4 atom stereocenters. The molecule has 2 aliphatic rings. The van der Waals surface area contributed by atoms with E-state index in [0.717, 1.165) is 16.9 Å². The summed E-state index contributed by atoms with van der Waals surface area (Å²) < 4.78 is 15.6. The number of carbonyl (C=O) groups is 2. The molecule has 174 valence electrons. The molecule has 0 radical (unpaired) electrons. The Labute approximate surface area is 189 Å². The predicted molar refractivity (Wildman–Crippen MR) is 120 cm³/mol. The topological polar surface area (TPSA) is 67.9 Å². The lowest BCUT2D eigenvalue weighted by Gasteiger charge is -2.35. The highest BCUT2D eigenvalue weighted by Crippen LogP contribution is 2.17. The van der Waals surface area contributed by atoms with Crippen LogP contribution in [0.25, 0.3) is 11.0 Å². The largest absolute Gasteiger partial charge is 0.372 e. The van der Waals surface area contributed by atoms with Gasteiger partial charge in [-0.15, -0.1) is 0 Å². The van der Waals surface area contributed by atoms with Crippen molar-refractivity contribution in [1.29, 1.82) is 0 Å². The number of para-hydroxylation sites is 2. The van der Waals surface area contributed by atoms with Crippen LogP contribution in [0.15, 0.2) is 24.3 Å². The Morgan fingerprint density at radius 1 is 0.875 bits per heavy atom. The summed E-state index contributed by atoms with van der Waals surface area (Å²) in [6, 6.07) is 7.97. The lowest BCUT2D eigenvalue weighted by molar-refractivity contribution is -0.666. The molecule has 0 aliphatic carbocycles. The van der Waals surface area contributed by atoms with Crippen molar-refractivity contribution >= 4 is 22.8 Å². The molecule has 2 saturated heterocycles. The summed E-state index contributed by atoms with van der Waals surface area (Å²) in [6.07, 6.45) is 0.134. The van der Waals surface area contributed by atoms with E-state index in [-0.39, 0.29) is 49.3 Å². The summed E-state index contributed by atoms with van der Waals surface area (Å²) in [6.45, 7) is 12.9. The van der Waals surface area contributed by atoms with E-state index in [2.05, 4.69) is 0 Å². The molecule has 0 N–H and O–H groups in total. The third-order valence-corrected chi connectivity index (χ3v) is 6.38. The van der Waals surface area contributed by atoms with E-state index in [1.807, 2.05) is 77.8 Å². The van der Waals surface area contributed by atoms with Crippen molar-refractivity contribution in [3.8, 4) is 0 Å². The molecule has 8 nitrogen and oxygen atoms in total. The Kier molecular flexibility index (Phi) is 6.53. The predicted octanol–water partition coefficient (Wildman–Crippen LogP) is 1.51. The van der Waals surface area contributed by atoms with Gasteiger partial charge in [0.15, 0.2) is 24.1 Å². The van der Waals surface area contributed by atoms with Crippen molar-refractivity contribution in [1.82, 2.24) is 14.4 Å². The maximum Gasteiger partial charge on any atom is 0.265 e. The molecule has 0 saturated carbocycles. The zero-order chi connectivity index (χ0) is 23.0. The van der Waals surface area contributed by atoms with Crippen LogP contribution >= 0.6 is 0 Å². The van der Waals surface area contributed by atoms with Gasteiger partial charge in [0.05, 0.1) is 24.4 Å². The van der Waals surface area contributed by atoms with Crippen LogP contribution in [0.5, 0.6) is 0 Å². The second-order valence-electron chi connectivity index (χ2n) is 9.32. The fourth-order valence-electron chi connectivity index (χ4n) is 5.05. The number of fused-ring (bicyclic) bond motifs is 1. The highest BCUT2D eigenvalue weighted by molar-refractivity contribution is 5.80. The fourth-order valence-corrected chi connectivity index (χ4v) is 5.05. The van der Waals surface area contributed by atoms with Gasteiger partial charge in [-0.25, -0.2) is 9.13 Å². The first kappa shape index (κ1) is 22.7. The zero-order valence-electron chi connectivity index (χ0n) is 19.8. The molecule has 1 aromatic carbocycles. The maximum atomic E-state index is 13.2. The van der Waals surface area contributed by atoms with Crippen LogP contribution in [-0.4, -0.2) is 76.8 Å². The number of hydrogen-bond donors (Lipinski definition) is 0. The number of morpholine rings is 2. The number of hydrogen-bond acceptors (Lipinski definition) is 4. The van der Waals surface area contributed by atoms with Gasteiger partial charge in [0.25, 0.3) is 17.6 Å². The Morgan fingerprint density at radius 3 is 1.94 bits per heavy atom. The quantitative estimate of drug-likeness (QED) is 0.672. The third-order valence-electron chi connectivity index (χ3n) is 6.38. The molecule has 0 spiro atoms. The van der Waals surface area contributed by atoms with Gasteiger partial charge < -0.3 is 19.3 Å². The average Bonchev–Trinajstić information content (AvgIpc) is 2.98. The number of nitrogens with zero attached hydrogens (tertiary/aromatic N) is 4. The molecule has 2 aliphatic heterocycles. The normalized spacial score (nSPS) is 26.5. The maximum absolute atomic E-state index is 13.2. The summed E-state index contributed by atoms with van der Waals surface area (Å²) in [5, 5.41) is 0. The van der Waals surface area contributed by atoms with Crippen molar-refractivity contribution in [3.05, 3.63) is 30.1 Å². The van der Waals surface area contributed by atoms with E-state index in [1.165, 1.54) is 0 Å². The Bertz CT molecular complexity index is 906. The van der Waals surface area contributed by atoms with E-state index in [9.17, 15) is 9.59 Å². The van der Waals surface area contributed by atoms with E-state index >= 15 is 0 Å². The lowest BCUT2D eigenvalue weighted by atomic mass is 10.2. The molecule has 2 aromatic rings. The molecule has 0 unspecified atom stereocenters. The number of ether oxygens (including phenoxy) is 2. The van der Waals surface area contributed by atoms with Gasteiger partial charge in [0.1, 0.15) is 0 Å². The molecule has 32 heavy (non-hydrogen) atoms. The number of imidazole rings is 1. The zero-order valence-corrected chi connectivity index (χ0v) is 19.8. The standard InChI is InChI=1S/C24H35N4O4/c1-16-10-25(11-17(2)31-16)23(29)14-27-20(5)28(22-9-7-6-8-21(22)27)15-24(30)26-12-18(3)32-19(4)13-26/h6-9,16-19H,10-15H2,1-5H3/q+1/t16-,17+,18-,19+. The second-order valence-corrected chi connectivity index (χ2v) is 9.32. The molecular formula is C24H35N4O4+. The Balaban J connectivity index is 1.58. The summed E-state index contributed by atoms with van der Waals surface area (Å²) in [4.78, 5) is 30.1. The van der Waals surface area contributed by atoms with Gasteiger partial charge in [0, 0.05) is 33.1 Å². The minimum Gasteiger partial charge on any atom is -0.372 e. The first-order valence-electron chi connectivity index (χ1n) is 11.6. The van der Waals surface area contributed by atoms with Crippen LogP contribution in [0, 0.1) is 6.92 Å². The first-order valence-corrected chi connectivity index (χ1v) is 11.6. The fraction of sp³-hybridized carbons (Fsp3) is 0.625. The Morgan fingerprint density at radius 2 is 1.38 bits per heavy atom. The molecule has 8 heteroatoms. The summed E-state index contributed by atoms with van der Waals surface area (Å²) in [5.74, 6) is 1.05. The van der Waals surface area contributed by atoms with E-state index in [0.29, 0.717) is 26.2 Å². The van der Waals surface area contributed by atoms with Gasteiger partial charge in [-0.3, -0.25) is 9.59 Å². The van der Waals surface area contributed by atoms with Gasteiger partial charge in [-0.05, 0) is 39.8 Å². The lowest BCUT2D eigenvalue weighted by Crippen LogP contribution is -2.53. The van der Waals surface area contributed by atoms with Crippen molar-refractivity contribution in [2.75, 3.05) is 26.2 Å². The van der Waals surface area contributed by atoms with Gasteiger partial charge in [-0.1, -0.05) is 12.1 Å². The van der Waals surface area contributed by atoms with Crippen molar-refractivity contribution < 1.29 is 23.6 Å². The first-order chi connectivity index (χ1) is 15.2. The van der Waals surface area contributed by atoms with Crippen LogP contribution in [0.3, 0.4) is 0 Å². The van der Waals surface area contributed by atoms with E-state index in [4.69, 9.17) is 9.47 Å². The monoisotopic (exact) mass is 443 g/mol. The number of amides is 2. The minimum absolute atomic E-state index is 0.0334. The van der Waals surface area contributed by atoms with Crippen LogP contribution in [-0.2, 0) is 32.2 Å². The summed E-state index contributed by atoms with van der Waals surface area (Å²) in [7, 11) is 0. The smallest absolute Gasteiger partial charge is 0.265 e. The van der Waals surface area contributed by atoms with Gasteiger partial charge >= 0.3 is 0 Å². The molecule has 2 fully saturated rings. The molecule has 4 rings (SSSR count). The Hall–Kier alpha value is -2.45. The number of carbonyl (C=O) groups excluding carboxylic acids is 2. The number of aromatic nitrogens is 2. The van der Waals surface area contributed by atoms with Crippen molar-refractivity contribution in [2.45, 2.75) is 72.1 Å². The van der Waals surface area contributed by atoms with Crippen molar-refractivity contribution in [3.63, 3.8) is 0 Å². The van der Waals surface area contributed by atoms with E-state index in [1.54, 1.807) is 0 Å². The molecule has 1 aromatic heterocycles. The van der Waals surface area contributed by atoms with Crippen LogP contribution in [0.2, 0.25) is 0 Å². The highest BCUT2D eigenvalue weighted by Gasteiger charge is 2.32. The van der Waals surface area contributed by atoms with E-state index < -0.39 is 0 Å². The van der Waals surface area contributed by atoms with Gasteiger partial charge in [-0.2, -0.15) is 0 Å². The summed E-state index contributed by atoms with van der Waals surface area (Å²) in [5.41, 5.74) is 1.92. The van der Waals surface area contributed by atoms with Crippen LogP contribution < -0.4 is 4.57 Å². The number of benzene rings is 1. The average molecular weight is 444 g/mol. The molecule has 0 bridgehead atoms. The van der Waals surface area contributed by atoms with Crippen LogP contribution in [0.4, 0.5) is 0 Å². The summed E-state index contributed by atoms with van der Waals surface area (Å²) >= 11 is 0. The van der Waals surface area contributed by atoms with Gasteiger partial charge in [0.2, 0.25) is 0 Å². The third kappa shape index (κ3) is 4.66. The number of rotatable bonds is 4. The molecule has 3 heterocycles. The molecular weight excluding hydrogens is 408 g/mol. The van der Waals surface area contributed by atoms with Crippen LogP contribution in [0.1, 0.15) is 33.5 Å². The minimum atomic E-state index is 0.0334.